The molecule has 8 heteroatoms. The van der Waals surface area contributed by atoms with E-state index in [9.17, 15) is 4.79 Å². The molecule has 150 valence electrons. The second-order valence-corrected chi connectivity index (χ2v) is 6.58. The number of nitrogens with zero attached hydrogens (tertiary/aromatic N) is 3. The minimum absolute atomic E-state index is 0.120. The van der Waals surface area contributed by atoms with Crippen LogP contribution in [0.4, 0.5) is 0 Å². The maximum absolute atomic E-state index is 11.8. The molecule has 1 aromatic heterocycles. The highest BCUT2D eigenvalue weighted by Gasteiger charge is 2.15. The average Bonchev–Trinajstić information content (AvgIpc) is 2.99. The maximum atomic E-state index is 11.8. The molecule has 2 aromatic carbocycles. The molecular weight excluding hydrogens is 394 g/mol. The number of carbonyl (C=O) groups is 1. The van der Waals surface area contributed by atoms with Crippen LogP contribution >= 0.6 is 11.6 Å². The Balaban J connectivity index is 1.73. The Morgan fingerprint density at radius 1 is 1.21 bits per heavy atom. The van der Waals surface area contributed by atoms with Gasteiger partial charge in [-0.2, -0.15) is 5.10 Å². The summed E-state index contributed by atoms with van der Waals surface area (Å²) in [5.41, 5.74) is 2.54. The second-order valence-electron chi connectivity index (χ2n) is 6.14. The Kier molecular flexibility index (Phi) is 6.51. The zero-order chi connectivity index (χ0) is 20.8. The molecule has 0 aliphatic carbocycles. The van der Waals surface area contributed by atoms with Gasteiger partial charge in [0, 0.05) is 17.6 Å². The first kappa shape index (κ1) is 20.4. The van der Waals surface area contributed by atoms with E-state index >= 15 is 0 Å². The van der Waals surface area contributed by atoms with Crippen molar-refractivity contribution in [3.05, 3.63) is 75.9 Å². The third-order valence-corrected chi connectivity index (χ3v) is 4.39. The highest BCUT2D eigenvalue weighted by atomic mass is 35.5. The van der Waals surface area contributed by atoms with Crippen LogP contribution < -0.4 is 4.74 Å². The summed E-state index contributed by atoms with van der Waals surface area (Å²) in [4.78, 5) is 17.2. The standard InChI is InChI=1S/C21H20ClN3O4/c1-14-19(20(25(2)24-14)29-17-10-8-16(22)9-11-17)12-23-28-13-15-6-4-5-7-18(15)21(26)27-3/h4-12H,13H2,1-3H3/b23-12+. The largest absolute Gasteiger partial charge is 0.465 e. The van der Waals surface area contributed by atoms with Gasteiger partial charge in [0.25, 0.3) is 0 Å². The topological polar surface area (TPSA) is 74.9 Å². The summed E-state index contributed by atoms with van der Waals surface area (Å²) in [5.74, 6) is 0.724. The van der Waals surface area contributed by atoms with E-state index in [0.717, 1.165) is 5.69 Å². The normalized spacial score (nSPS) is 10.9. The lowest BCUT2D eigenvalue weighted by atomic mass is 10.1. The molecule has 0 fully saturated rings. The van der Waals surface area contributed by atoms with Gasteiger partial charge >= 0.3 is 5.97 Å². The summed E-state index contributed by atoms with van der Waals surface area (Å²) >= 11 is 5.92. The minimum Gasteiger partial charge on any atom is -0.465 e. The van der Waals surface area contributed by atoms with Crippen LogP contribution in [0.5, 0.6) is 11.6 Å². The molecule has 3 rings (SSSR count). The number of aromatic nitrogens is 2. The third-order valence-electron chi connectivity index (χ3n) is 4.14. The monoisotopic (exact) mass is 413 g/mol. The molecule has 0 spiro atoms. The molecule has 0 atom stereocenters. The third kappa shape index (κ3) is 4.94. The van der Waals surface area contributed by atoms with Gasteiger partial charge in [-0.05, 0) is 37.3 Å². The van der Waals surface area contributed by atoms with E-state index in [0.29, 0.717) is 33.3 Å². The number of hydrogen-bond acceptors (Lipinski definition) is 6. The molecule has 7 nitrogen and oxygen atoms in total. The Morgan fingerprint density at radius 3 is 2.66 bits per heavy atom. The van der Waals surface area contributed by atoms with Gasteiger partial charge in [0.15, 0.2) is 0 Å². The van der Waals surface area contributed by atoms with E-state index in [1.165, 1.54) is 13.3 Å². The van der Waals surface area contributed by atoms with E-state index in [-0.39, 0.29) is 6.61 Å². The van der Waals surface area contributed by atoms with Crippen LogP contribution in [0.3, 0.4) is 0 Å². The van der Waals surface area contributed by atoms with E-state index in [4.69, 9.17) is 25.9 Å². The fourth-order valence-electron chi connectivity index (χ4n) is 2.69. The number of carbonyl (C=O) groups excluding carboxylic acids is 1. The van der Waals surface area contributed by atoms with Crippen molar-refractivity contribution in [2.45, 2.75) is 13.5 Å². The molecule has 0 N–H and O–H groups in total. The summed E-state index contributed by atoms with van der Waals surface area (Å²) in [7, 11) is 3.12. The van der Waals surface area contributed by atoms with Crippen LogP contribution in [-0.4, -0.2) is 29.1 Å². The molecule has 0 bridgehead atoms. The predicted octanol–water partition coefficient (Wildman–Crippen LogP) is 4.51. The van der Waals surface area contributed by atoms with Crippen LogP contribution in [0.2, 0.25) is 5.02 Å². The fraction of sp³-hybridized carbons (Fsp3) is 0.190. The molecule has 29 heavy (non-hydrogen) atoms. The summed E-state index contributed by atoms with van der Waals surface area (Å²) in [6, 6.07) is 14.1. The molecular formula is C21H20ClN3O4. The van der Waals surface area contributed by atoms with E-state index < -0.39 is 5.97 Å². The van der Waals surface area contributed by atoms with Crippen LogP contribution in [0.25, 0.3) is 0 Å². The minimum atomic E-state index is -0.421. The predicted molar refractivity (Wildman–Crippen MR) is 110 cm³/mol. The molecule has 1 heterocycles. The molecule has 0 saturated carbocycles. The second kappa shape index (κ2) is 9.25. The van der Waals surface area contributed by atoms with Gasteiger partial charge in [-0.15, -0.1) is 0 Å². The van der Waals surface area contributed by atoms with E-state index in [2.05, 4.69) is 10.3 Å². The van der Waals surface area contributed by atoms with Gasteiger partial charge in [0.05, 0.1) is 30.1 Å². The Labute approximate surface area is 173 Å². The quantitative estimate of drug-likeness (QED) is 0.323. The lowest BCUT2D eigenvalue weighted by Crippen LogP contribution is -2.06. The molecule has 0 aliphatic rings. The van der Waals surface area contributed by atoms with Gasteiger partial charge < -0.3 is 14.3 Å². The van der Waals surface area contributed by atoms with Gasteiger partial charge in [0.1, 0.15) is 12.4 Å². The van der Waals surface area contributed by atoms with Crippen molar-refractivity contribution in [1.82, 2.24) is 9.78 Å². The number of oxime groups is 1. The van der Waals surface area contributed by atoms with E-state index in [1.54, 1.807) is 54.2 Å². The van der Waals surface area contributed by atoms with Crippen molar-refractivity contribution in [2.24, 2.45) is 12.2 Å². The van der Waals surface area contributed by atoms with Crippen molar-refractivity contribution >= 4 is 23.8 Å². The molecule has 0 radical (unpaired) electrons. The highest BCUT2D eigenvalue weighted by molar-refractivity contribution is 6.30. The molecule has 3 aromatic rings. The van der Waals surface area contributed by atoms with Crippen LogP contribution in [0, 0.1) is 6.92 Å². The molecule has 0 unspecified atom stereocenters. The van der Waals surface area contributed by atoms with Crippen molar-refractivity contribution in [3.63, 3.8) is 0 Å². The smallest absolute Gasteiger partial charge is 0.338 e. The maximum Gasteiger partial charge on any atom is 0.338 e. The average molecular weight is 414 g/mol. The first-order valence-corrected chi connectivity index (χ1v) is 9.16. The fourth-order valence-corrected chi connectivity index (χ4v) is 2.82. The number of halogens is 1. The summed E-state index contributed by atoms with van der Waals surface area (Å²) in [6.07, 6.45) is 1.54. The number of ether oxygens (including phenoxy) is 2. The number of benzene rings is 2. The van der Waals surface area contributed by atoms with Crippen LogP contribution in [-0.2, 0) is 23.2 Å². The molecule has 0 amide bonds. The summed E-state index contributed by atoms with van der Waals surface area (Å²) < 4.78 is 12.3. The van der Waals surface area contributed by atoms with Crippen LogP contribution in [0.1, 0.15) is 27.2 Å². The molecule has 0 saturated heterocycles. The van der Waals surface area contributed by atoms with Crippen molar-refractivity contribution in [2.75, 3.05) is 7.11 Å². The lowest BCUT2D eigenvalue weighted by Gasteiger charge is -2.07. The SMILES string of the molecule is COC(=O)c1ccccc1CO/N=C/c1c(C)nn(C)c1Oc1ccc(Cl)cc1. The molecule has 0 aliphatic heterocycles. The first-order valence-electron chi connectivity index (χ1n) is 8.78. The Morgan fingerprint density at radius 2 is 1.93 bits per heavy atom. The van der Waals surface area contributed by atoms with Gasteiger partial charge in [-0.3, -0.25) is 0 Å². The summed E-state index contributed by atoms with van der Waals surface area (Å²) in [5, 5.41) is 9.02. The van der Waals surface area contributed by atoms with Gasteiger partial charge in [0.2, 0.25) is 5.88 Å². The summed E-state index contributed by atoms with van der Waals surface area (Å²) in [6.45, 7) is 1.97. The number of hydrogen-bond donors (Lipinski definition) is 0. The number of rotatable bonds is 7. The number of aryl methyl sites for hydroxylation is 2. The van der Waals surface area contributed by atoms with Crippen LogP contribution in [0.15, 0.2) is 53.7 Å². The van der Waals surface area contributed by atoms with Crippen molar-refractivity contribution < 1.29 is 19.1 Å². The first-order chi connectivity index (χ1) is 14.0. The van der Waals surface area contributed by atoms with Crippen molar-refractivity contribution in [1.29, 1.82) is 0 Å². The number of methoxy groups -OCH3 is 1. The lowest BCUT2D eigenvalue weighted by molar-refractivity contribution is 0.0593. The Hall–Kier alpha value is -3.32. The zero-order valence-corrected chi connectivity index (χ0v) is 17.0. The van der Waals surface area contributed by atoms with E-state index in [1.807, 2.05) is 13.0 Å². The highest BCUT2D eigenvalue weighted by Crippen LogP contribution is 2.27. The Bertz CT molecular complexity index is 1030. The van der Waals surface area contributed by atoms with Gasteiger partial charge in [-0.25, -0.2) is 9.48 Å². The number of esters is 1. The zero-order valence-electron chi connectivity index (χ0n) is 16.3. The van der Waals surface area contributed by atoms with Gasteiger partial charge in [-0.1, -0.05) is 35.0 Å². The van der Waals surface area contributed by atoms with Crippen molar-refractivity contribution in [3.8, 4) is 11.6 Å².